The second kappa shape index (κ2) is 7.57. The molecule has 1 fully saturated rings. The van der Waals surface area contributed by atoms with E-state index in [4.69, 9.17) is 4.52 Å². The molecule has 1 aliphatic rings. The van der Waals surface area contributed by atoms with Crippen LogP contribution in [0, 0.1) is 6.92 Å². The fourth-order valence-corrected chi connectivity index (χ4v) is 3.51. The Morgan fingerprint density at radius 1 is 1.27 bits per heavy atom. The molecule has 152 valence electrons. The number of carbonyl (C=O) groups excluding carboxylic acids is 1. The van der Waals surface area contributed by atoms with Gasteiger partial charge in [0, 0.05) is 23.4 Å². The summed E-state index contributed by atoms with van der Waals surface area (Å²) in [4.78, 5) is 21.6. The van der Waals surface area contributed by atoms with Crippen LogP contribution in [0.3, 0.4) is 0 Å². The Kier molecular flexibility index (Phi) is 4.93. The number of pyridine rings is 1. The van der Waals surface area contributed by atoms with Crippen LogP contribution >= 0.6 is 0 Å². The number of aromatic nitrogens is 4. The molecule has 0 aliphatic heterocycles. The molecule has 0 radical (unpaired) electrons. The number of hydrogen-bond acceptors (Lipinski definition) is 5. The molecule has 1 aromatic carbocycles. The summed E-state index contributed by atoms with van der Waals surface area (Å²) in [6.45, 7) is 5.89. The van der Waals surface area contributed by atoms with Gasteiger partial charge in [0.05, 0.1) is 6.20 Å². The molecule has 0 atom stereocenters. The number of allylic oxidation sites excluding steroid dienone is 1. The van der Waals surface area contributed by atoms with Gasteiger partial charge in [-0.05, 0) is 43.5 Å². The third-order valence-electron chi connectivity index (χ3n) is 5.25. The number of rotatable bonds is 4. The molecule has 8 nitrogen and oxygen atoms in total. The average Bonchev–Trinajstić information content (AvgIpc) is 3.34. The lowest BCUT2D eigenvalue weighted by Crippen LogP contribution is -2.15. The predicted molar refractivity (Wildman–Crippen MR) is 112 cm³/mol. The highest BCUT2D eigenvalue weighted by atomic mass is 16.5. The van der Waals surface area contributed by atoms with Gasteiger partial charge in [-0.1, -0.05) is 35.5 Å². The first-order valence-corrected chi connectivity index (χ1v) is 9.43. The SMILES string of the molecule is C=C1CC(c2nc(-c3ccc(C)c(NC(=O)c4cnc5ccccn45)c3)no2)C1.O. The van der Waals surface area contributed by atoms with Crippen LogP contribution in [0.2, 0.25) is 0 Å². The van der Waals surface area contributed by atoms with E-state index in [2.05, 4.69) is 27.0 Å². The van der Waals surface area contributed by atoms with Crippen LogP contribution in [-0.2, 0) is 0 Å². The van der Waals surface area contributed by atoms with E-state index in [0.717, 1.165) is 29.6 Å². The topological polar surface area (TPSA) is 117 Å². The van der Waals surface area contributed by atoms with Gasteiger partial charge in [-0.2, -0.15) is 4.98 Å². The molecule has 30 heavy (non-hydrogen) atoms. The minimum Gasteiger partial charge on any atom is -0.412 e. The van der Waals surface area contributed by atoms with Crippen molar-refractivity contribution in [3.05, 3.63) is 78.1 Å². The lowest BCUT2D eigenvalue weighted by Gasteiger charge is -2.24. The molecular formula is C22H21N5O3. The molecule has 4 aromatic rings. The molecule has 1 saturated carbocycles. The number of anilines is 1. The van der Waals surface area contributed by atoms with E-state index < -0.39 is 0 Å². The van der Waals surface area contributed by atoms with Gasteiger partial charge in [0.15, 0.2) is 0 Å². The minimum absolute atomic E-state index is 0. The van der Waals surface area contributed by atoms with Crippen LogP contribution in [0.4, 0.5) is 5.69 Å². The molecule has 0 bridgehead atoms. The summed E-state index contributed by atoms with van der Waals surface area (Å²) in [7, 11) is 0. The summed E-state index contributed by atoms with van der Waals surface area (Å²) in [5, 5.41) is 7.09. The quantitative estimate of drug-likeness (QED) is 0.523. The number of benzene rings is 1. The summed E-state index contributed by atoms with van der Waals surface area (Å²) in [5.41, 5.74) is 4.83. The predicted octanol–water partition coefficient (Wildman–Crippen LogP) is 3.55. The van der Waals surface area contributed by atoms with Gasteiger partial charge < -0.3 is 15.3 Å². The fraction of sp³-hybridized carbons (Fsp3) is 0.182. The Labute approximate surface area is 172 Å². The lowest BCUT2D eigenvalue weighted by atomic mass is 9.81. The van der Waals surface area contributed by atoms with Crippen LogP contribution in [0.15, 0.2) is 65.5 Å². The first-order chi connectivity index (χ1) is 14.1. The Bertz CT molecular complexity index is 1250. The average molecular weight is 403 g/mol. The van der Waals surface area contributed by atoms with Gasteiger partial charge >= 0.3 is 0 Å². The number of hydrogen-bond donors (Lipinski definition) is 1. The monoisotopic (exact) mass is 403 g/mol. The van der Waals surface area contributed by atoms with Gasteiger partial charge in [0.25, 0.3) is 5.91 Å². The number of aryl methyl sites for hydroxylation is 1. The summed E-state index contributed by atoms with van der Waals surface area (Å²) in [6.07, 6.45) is 5.19. The van der Waals surface area contributed by atoms with E-state index >= 15 is 0 Å². The van der Waals surface area contributed by atoms with E-state index in [9.17, 15) is 4.79 Å². The Morgan fingerprint density at radius 2 is 2.10 bits per heavy atom. The second-order valence-corrected chi connectivity index (χ2v) is 7.37. The molecule has 1 amide bonds. The van der Waals surface area contributed by atoms with Gasteiger partial charge in [-0.25, -0.2) is 4.98 Å². The highest BCUT2D eigenvalue weighted by Gasteiger charge is 2.28. The molecule has 3 N–H and O–H groups in total. The normalized spacial score (nSPS) is 13.7. The van der Waals surface area contributed by atoms with E-state index in [0.29, 0.717) is 23.1 Å². The number of carbonyl (C=O) groups is 1. The third-order valence-corrected chi connectivity index (χ3v) is 5.25. The molecule has 3 heterocycles. The number of nitrogens with zero attached hydrogens (tertiary/aromatic N) is 4. The number of fused-ring (bicyclic) bond motifs is 1. The highest BCUT2D eigenvalue weighted by molar-refractivity contribution is 6.04. The molecule has 3 aromatic heterocycles. The van der Waals surface area contributed by atoms with E-state index in [1.54, 1.807) is 10.6 Å². The van der Waals surface area contributed by atoms with E-state index in [-0.39, 0.29) is 17.3 Å². The summed E-state index contributed by atoms with van der Waals surface area (Å²) >= 11 is 0. The van der Waals surface area contributed by atoms with Gasteiger partial charge in [-0.3, -0.25) is 9.20 Å². The van der Waals surface area contributed by atoms with Crippen LogP contribution in [0.25, 0.3) is 17.0 Å². The Morgan fingerprint density at radius 3 is 2.90 bits per heavy atom. The van der Waals surface area contributed by atoms with Crippen molar-refractivity contribution in [1.29, 1.82) is 0 Å². The molecular weight excluding hydrogens is 382 g/mol. The fourth-order valence-electron chi connectivity index (χ4n) is 3.51. The molecule has 0 unspecified atom stereocenters. The standard InChI is InChI=1S/C22H19N5O2.H2O/c1-13-9-16(10-13)22-25-20(26-29-22)15-7-6-14(2)17(11-15)24-21(28)18-12-23-19-5-3-4-8-27(18)19;/h3-8,11-12,16H,1,9-10H2,2H3,(H,24,28);1H2. The summed E-state index contributed by atoms with van der Waals surface area (Å²) in [6, 6.07) is 11.3. The van der Waals surface area contributed by atoms with Crippen molar-refractivity contribution in [2.75, 3.05) is 5.32 Å². The molecule has 5 rings (SSSR count). The Hall–Kier alpha value is -3.78. The van der Waals surface area contributed by atoms with Crippen molar-refractivity contribution >= 4 is 17.2 Å². The van der Waals surface area contributed by atoms with Crippen molar-refractivity contribution in [1.82, 2.24) is 19.5 Å². The maximum atomic E-state index is 12.8. The largest absolute Gasteiger partial charge is 0.412 e. The van der Waals surface area contributed by atoms with Crippen LogP contribution in [0.1, 0.15) is 40.7 Å². The zero-order valence-electron chi connectivity index (χ0n) is 16.4. The highest BCUT2D eigenvalue weighted by Crippen LogP contribution is 2.39. The first-order valence-electron chi connectivity index (χ1n) is 9.43. The van der Waals surface area contributed by atoms with Crippen LogP contribution < -0.4 is 5.32 Å². The molecule has 8 heteroatoms. The van der Waals surface area contributed by atoms with E-state index in [1.165, 1.54) is 5.57 Å². The third kappa shape index (κ3) is 3.37. The summed E-state index contributed by atoms with van der Waals surface area (Å²) in [5.74, 6) is 1.20. The molecule has 1 aliphatic carbocycles. The smallest absolute Gasteiger partial charge is 0.274 e. The maximum absolute atomic E-state index is 12.8. The second-order valence-electron chi connectivity index (χ2n) is 7.37. The van der Waals surface area contributed by atoms with E-state index in [1.807, 2.05) is 49.5 Å². The zero-order chi connectivity index (χ0) is 20.0. The minimum atomic E-state index is -0.231. The van der Waals surface area contributed by atoms with Gasteiger partial charge in [0.2, 0.25) is 11.7 Å². The van der Waals surface area contributed by atoms with Crippen LogP contribution in [-0.4, -0.2) is 30.9 Å². The number of amides is 1. The van der Waals surface area contributed by atoms with Gasteiger partial charge in [0.1, 0.15) is 11.3 Å². The molecule has 0 saturated heterocycles. The molecule has 0 spiro atoms. The summed E-state index contributed by atoms with van der Waals surface area (Å²) < 4.78 is 7.18. The van der Waals surface area contributed by atoms with Crippen LogP contribution in [0.5, 0.6) is 0 Å². The Balaban J connectivity index is 0.00000218. The zero-order valence-corrected chi connectivity index (χ0v) is 16.4. The van der Waals surface area contributed by atoms with Crippen molar-refractivity contribution < 1.29 is 14.8 Å². The number of nitrogens with one attached hydrogen (secondary N) is 1. The number of imidazole rings is 1. The lowest BCUT2D eigenvalue weighted by molar-refractivity contribution is 0.102. The maximum Gasteiger partial charge on any atom is 0.274 e. The van der Waals surface area contributed by atoms with Crippen molar-refractivity contribution in [3.8, 4) is 11.4 Å². The van der Waals surface area contributed by atoms with Crippen molar-refractivity contribution in [3.63, 3.8) is 0 Å². The van der Waals surface area contributed by atoms with Gasteiger partial charge in [-0.15, -0.1) is 0 Å². The van der Waals surface area contributed by atoms with Crippen molar-refractivity contribution in [2.45, 2.75) is 25.7 Å². The van der Waals surface area contributed by atoms with Crippen molar-refractivity contribution in [2.24, 2.45) is 0 Å². The first kappa shape index (κ1) is 19.5.